The molecule has 14 aromatic rings. The van der Waals surface area contributed by atoms with Crippen LogP contribution in [0, 0.1) is 0 Å². The maximum Gasteiger partial charge on any atom is 0.235 e. The van der Waals surface area contributed by atoms with Gasteiger partial charge in [-0.15, -0.1) is 0 Å². The Balaban J connectivity index is 0.963. The second kappa shape index (κ2) is 15.1. The van der Waals surface area contributed by atoms with E-state index < -0.39 is 0 Å². The molecule has 70 heavy (non-hydrogen) atoms. The average molecular weight is 898 g/mol. The fraction of sp³-hybridized carbons (Fsp3) is 0.0317. The first-order valence-corrected chi connectivity index (χ1v) is 23.8. The summed E-state index contributed by atoms with van der Waals surface area (Å²) < 4.78 is 17.3. The van der Waals surface area contributed by atoms with Crippen molar-refractivity contribution in [1.29, 1.82) is 0 Å². The number of pyridine rings is 1. The Bertz CT molecular complexity index is 4480. The Hall–Kier alpha value is -9.33. The molecule has 0 spiro atoms. The van der Waals surface area contributed by atoms with Crippen molar-refractivity contribution in [2.45, 2.75) is 12.8 Å². The summed E-state index contributed by atoms with van der Waals surface area (Å²) in [6, 6.07) is 72.3. The molecule has 0 atom stereocenters. The SMILES string of the molecule is C1=C(c2ccccc2)CCc2oc3ccc(-c4cccc(-n5c6ccccc6c6ccc7c8ccccc8n(-c8nc(-c9ccccc9)cc(-c9ccc%10oc%11ccccc%11c%10c9)n8)c7c65)n4)cc3c21. The van der Waals surface area contributed by atoms with Crippen LogP contribution in [-0.4, -0.2) is 24.1 Å². The van der Waals surface area contributed by atoms with E-state index in [1.807, 2.05) is 18.2 Å². The van der Waals surface area contributed by atoms with Crippen LogP contribution in [0.1, 0.15) is 23.3 Å². The van der Waals surface area contributed by atoms with Crippen LogP contribution in [0.5, 0.6) is 0 Å². The molecule has 0 N–H and O–H groups in total. The maximum absolute atomic E-state index is 6.47. The molecule has 7 nitrogen and oxygen atoms in total. The highest BCUT2D eigenvalue weighted by Gasteiger charge is 2.25. The number of allylic oxidation sites excluding steroid dienone is 1. The molecular weight excluding hydrogens is 859 g/mol. The van der Waals surface area contributed by atoms with Crippen molar-refractivity contribution >= 4 is 88.2 Å². The van der Waals surface area contributed by atoms with E-state index in [4.69, 9.17) is 23.8 Å². The number of hydrogen-bond acceptors (Lipinski definition) is 5. The van der Waals surface area contributed by atoms with Crippen LogP contribution in [-0.2, 0) is 6.42 Å². The molecule has 15 rings (SSSR count). The first-order valence-electron chi connectivity index (χ1n) is 23.8. The average Bonchev–Trinajstić information content (AvgIpc) is 4.18. The molecule has 6 aromatic heterocycles. The molecule has 0 saturated carbocycles. The number of furan rings is 2. The van der Waals surface area contributed by atoms with Crippen molar-refractivity contribution in [2.75, 3.05) is 0 Å². The number of benzene rings is 8. The molecule has 1 aliphatic rings. The second-order valence-electron chi connectivity index (χ2n) is 18.2. The van der Waals surface area contributed by atoms with Crippen LogP contribution in [0.15, 0.2) is 215 Å². The molecule has 0 aliphatic heterocycles. The quantitative estimate of drug-likeness (QED) is 0.166. The molecule has 0 radical (unpaired) electrons. The lowest BCUT2D eigenvalue weighted by Gasteiger charge is -2.14. The van der Waals surface area contributed by atoms with Gasteiger partial charge in [-0.25, -0.2) is 15.0 Å². The zero-order chi connectivity index (χ0) is 45.9. The molecule has 0 amide bonds. The van der Waals surface area contributed by atoms with E-state index in [1.165, 1.54) is 11.1 Å². The molecule has 0 saturated heterocycles. The lowest BCUT2D eigenvalue weighted by Crippen LogP contribution is -2.05. The van der Waals surface area contributed by atoms with E-state index in [-0.39, 0.29) is 0 Å². The van der Waals surface area contributed by atoms with Crippen LogP contribution in [0.2, 0.25) is 0 Å². The number of rotatable bonds is 6. The first-order chi connectivity index (χ1) is 34.7. The monoisotopic (exact) mass is 897 g/mol. The molecule has 328 valence electrons. The van der Waals surface area contributed by atoms with Gasteiger partial charge in [0, 0.05) is 66.4 Å². The highest BCUT2D eigenvalue weighted by Crippen LogP contribution is 2.43. The molecule has 8 aromatic carbocycles. The summed E-state index contributed by atoms with van der Waals surface area (Å²) >= 11 is 0. The number of hydrogen-bond donors (Lipinski definition) is 0. The van der Waals surface area contributed by atoms with Crippen molar-refractivity contribution < 1.29 is 8.83 Å². The highest BCUT2D eigenvalue weighted by molar-refractivity contribution is 6.23. The molecule has 1 aliphatic carbocycles. The summed E-state index contributed by atoms with van der Waals surface area (Å²) in [5.41, 5.74) is 16.0. The molecule has 6 heterocycles. The minimum atomic E-state index is 0.576. The number of nitrogens with zero attached hydrogens (tertiary/aromatic N) is 5. The normalized spacial score (nSPS) is 12.8. The topological polar surface area (TPSA) is 74.8 Å². The van der Waals surface area contributed by atoms with Crippen molar-refractivity contribution in [3.8, 4) is 45.5 Å². The van der Waals surface area contributed by atoms with Crippen molar-refractivity contribution in [2.24, 2.45) is 0 Å². The van der Waals surface area contributed by atoms with Crippen molar-refractivity contribution in [3.63, 3.8) is 0 Å². The predicted octanol–water partition coefficient (Wildman–Crippen LogP) is 16.2. The summed E-state index contributed by atoms with van der Waals surface area (Å²) in [5.74, 6) is 2.43. The Morgan fingerprint density at radius 3 is 1.70 bits per heavy atom. The fourth-order valence-electron chi connectivity index (χ4n) is 11.0. The zero-order valence-electron chi connectivity index (χ0n) is 37.7. The van der Waals surface area contributed by atoms with Gasteiger partial charge in [0.05, 0.1) is 39.1 Å². The van der Waals surface area contributed by atoms with Crippen LogP contribution in [0.4, 0.5) is 0 Å². The van der Waals surface area contributed by atoms with Gasteiger partial charge in [-0.2, -0.15) is 0 Å². The Kier molecular flexibility index (Phi) is 8.35. The minimum absolute atomic E-state index is 0.576. The van der Waals surface area contributed by atoms with E-state index in [0.29, 0.717) is 5.95 Å². The standard InChI is InChI=1S/C63H39N5O2/c1-3-14-38(15-4-1)40-26-31-58-49(34-40)50-35-41(27-32-59(50)70-58)51-21-13-25-60(64-51)67-54-22-10-7-18-43(54)46-29-30-47-44-19-8-11-23-55(44)68(62(47)61(46)67)63-65-52(39-16-5-2-6-17-39)37-53(66-63)42-28-33-57-48(36-42)45-20-9-12-24-56(45)69-57/h1-25,27-30,32-37H,26,31H2. The van der Waals surface area contributed by atoms with Gasteiger partial charge in [0.2, 0.25) is 5.95 Å². The lowest BCUT2D eigenvalue weighted by molar-refractivity contribution is 0.548. The van der Waals surface area contributed by atoms with Gasteiger partial charge < -0.3 is 8.83 Å². The van der Waals surface area contributed by atoms with E-state index in [0.717, 1.165) is 140 Å². The molecule has 0 fully saturated rings. The lowest BCUT2D eigenvalue weighted by atomic mass is 9.91. The second-order valence-corrected chi connectivity index (χ2v) is 18.2. The van der Waals surface area contributed by atoms with Crippen LogP contribution in [0.3, 0.4) is 0 Å². The third kappa shape index (κ3) is 5.91. The summed E-state index contributed by atoms with van der Waals surface area (Å²) in [5, 5.41) is 7.68. The minimum Gasteiger partial charge on any atom is -0.460 e. The molecule has 0 bridgehead atoms. The van der Waals surface area contributed by atoms with Gasteiger partial charge in [0.1, 0.15) is 28.3 Å². The van der Waals surface area contributed by atoms with Crippen LogP contribution < -0.4 is 0 Å². The number of fused-ring (bicyclic) bond motifs is 13. The molecule has 7 heteroatoms. The molecular formula is C63H39N5O2. The van der Waals surface area contributed by atoms with E-state index in [1.54, 1.807) is 0 Å². The summed E-state index contributed by atoms with van der Waals surface area (Å²) in [6.07, 6.45) is 4.14. The van der Waals surface area contributed by atoms with E-state index in [9.17, 15) is 0 Å². The van der Waals surface area contributed by atoms with Gasteiger partial charge in [0.25, 0.3) is 0 Å². The van der Waals surface area contributed by atoms with Gasteiger partial charge >= 0.3 is 0 Å². The van der Waals surface area contributed by atoms with Gasteiger partial charge in [-0.3, -0.25) is 9.13 Å². The Labute approximate surface area is 400 Å². The Morgan fingerprint density at radius 1 is 0.357 bits per heavy atom. The third-order valence-electron chi connectivity index (χ3n) is 14.3. The maximum atomic E-state index is 6.47. The van der Waals surface area contributed by atoms with Crippen molar-refractivity contribution in [1.82, 2.24) is 24.1 Å². The molecule has 0 unspecified atom stereocenters. The van der Waals surface area contributed by atoms with E-state index >= 15 is 0 Å². The van der Waals surface area contributed by atoms with Gasteiger partial charge in [-0.05, 0) is 96.4 Å². The highest BCUT2D eigenvalue weighted by atomic mass is 16.3. The van der Waals surface area contributed by atoms with Gasteiger partial charge in [-0.1, -0.05) is 133 Å². The van der Waals surface area contributed by atoms with E-state index in [2.05, 4.69) is 203 Å². The predicted molar refractivity (Wildman–Crippen MR) is 284 cm³/mol. The number of aryl methyl sites for hydroxylation is 1. The number of aromatic nitrogens is 5. The smallest absolute Gasteiger partial charge is 0.235 e. The van der Waals surface area contributed by atoms with Gasteiger partial charge in [0.15, 0.2) is 0 Å². The summed E-state index contributed by atoms with van der Waals surface area (Å²) in [6.45, 7) is 0. The fourth-order valence-corrected chi connectivity index (χ4v) is 11.0. The summed E-state index contributed by atoms with van der Waals surface area (Å²) in [7, 11) is 0. The largest absolute Gasteiger partial charge is 0.460 e. The number of para-hydroxylation sites is 3. The van der Waals surface area contributed by atoms with Crippen LogP contribution in [0.25, 0.3) is 134 Å². The zero-order valence-corrected chi connectivity index (χ0v) is 37.7. The van der Waals surface area contributed by atoms with Crippen molar-refractivity contribution in [3.05, 3.63) is 223 Å². The summed E-state index contributed by atoms with van der Waals surface area (Å²) in [4.78, 5) is 16.5. The third-order valence-corrected chi connectivity index (χ3v) is 14.3. The van der Waals surface area contributed by atoms with Crippen LogP contribution >= 0.6 is 0 Å². The first kappa shape index (κ1) is 38.7. The Morgan fingerprint density at radius 2 is 0.943 bits per heavy atom.